The van der Waals surface area contributed by atoms with Gasteiger partial charge in [-0.3, -0.25) is 9.69 Å². The second kappa shape index (κ2) is 8.63. The summed E-state index contributed by atoms with van der Waals surface area (Å²) in [7, 11) is 0. The monoisotopic (exact) mass is 350 g/mol. The highest BCUT2D eigenvalue weighted by Crippen LogP contribution is 2.12. The molecule has 0 amide bonds. The maximum Gasteiger partial charge on any atom is 0.293 e. The van der Waals surface area contributed by atoms with Gasteiger partial charge in [-0.2, -0.15) is 0 Å². The third-order valence-corrected chi connectivity index (χ3v) is 4.58. The van der Waals surface area contributed by atoms with Gasteiger partial charge < -0.3 is 9.47 Å². The van der Waals surface area contributed by atoms with Gasteiger partial charge >= 0.3 is 0 Å². The molecule has 1 aliphatic heterocycles. The van der Waals surface area contributed by atoms with Crippen LogP contribution in [0.3, 0.4) is 0 Å². The molecule has 0 spiro atoms. The molecule has 0 atom stereocenters. The maximum atomic E-state index is 12.5. The average Bonchev–Trinajstić information content (AvgIpc) is 2.65. The summed E-state index contributed by atoms with van der Waals surface area (Å²) in [6.45, 7) is 10.8. The Morgan fingerprint density at radius 3 is 2.62 bits per heavy atom. The van der Waals surface area contributed by atoms with E-state index in [1.165, 1.54) is 11.1 Å². The Bertz CT molecular complexity index is 817. The molecule has 2 aromatic rings. The summed E-state index contributed by atoms with van der Waals surface area (Å²) in [6, 6.07) is 10.4. The van der Waals surface area contributed by atoms with E-state index in [4.69, 9.17) is 0 Å². The van der Waals surface area contributed by atoms with Crippen LogP contribution in [0.4, 0.5) is 5.82 Å². The first kappa shape index (κ1) is 18.1. The molecular weight excluding hydrogens is 324 g/mol. The molecular formula is C21H26N4O. The zero-order valence-corrected chi connectivity index (χ0v) is 15.3. The van der Waals surface area contributed by atoms with Crippen LogP contribution >= 0.6 is 0 Å². The van der Waals surface area contributed by atoms with E-state index in [2.05, 4.69) is 58.6 Å². The van der Waals surface area contributed by atoms with Gasteiger partial charge in [-0.05, 0) is 12.5 Å². The number of benzene rings is 1. The van der Waals surface area contributed by atoms with Gasteiger partial charge in [0.1, 0.15) is 0 Å². The van der Waals surface area contributed by atoms with Gasteiger partial charge in [0.15, 0.2) is 5.82 Å². The Kier molecular flexibility index (Phi) is 6.02. The first-order valence-electron chi connectivity index (χ1n) is 9.03. The summed E-state index contributed by atoms with van der Waals surface area (Å²) in [5, 5.41) is 0. The van der Waals surface area contributed by atoms with E-state index in [1.807, 2.05) is 6.07 Å². The maximum absolute atomic E-state index is 12.5. The molecule has 2 heterocycles. The van der Waals surface area contributed by atoms with Crippen LogP contribution in [-0.4, -0.2) is 47.2 Å². The number of rotatable bonds is 6. The number of aromatic nitrogens is 2. The van der Waals surface area contributed by atoms with Crippen molar-refractivity contribution in [3.05, 3.63) is 76.9 Å². The first-order valence-corrected chi connectivity index (χ1v) is 9.03. The lowest BCUT2D eigenvalue weighted by Crippen LogP contribution is -2.49. The first-order chi connectivity index (χ1) is 12.7. The second-order valence-corrected chi connectivity index (χ2v) is 6.66. The molecule has 1 aromatic carbocycles. The smallest absolute Gasteiger partial charge is 0.293 e. The van der Waals surface area contributed by atoms with Crippen molar-refractivity contribution in [1.82, 2.24) is 14.5 Å². The second-order valence-electron chi connectivity index (χ2n) is 6.66. The molecule has 5 nitrogen and oxygen atoms in total. The Labute approximate surface area is 154 Å². The predicted octanol–water partition coefficient (Wildman–Crippen LogP) is 2.65. The molecule has 1 saturated heterocycles. The number of allylic oxidation sites excluding steroid dienone is 1. The molecule has 0 radical (unpaired) electrons. The van der Waals surface area contributed by atoms with E-state index < -0.39 is 0 Å². The third kappa shape index (κ3) is 4.49. The fourth-order valence-electron chi connectivity index (χ4n) is 3.29. The van der Waals surface area contributed by atoms with E-state index in [0.29, 0.717) is 12.4 Å². The summed E-state index contributed by atoms with van der Waals surface area (Å²) in [5.41, 5.74) is 2.54. The highest BCUT2D eigenvalue weighted by molar-refractivity contribution is 5.52. The standard InChI is InChI=1S/C21H26N4O/c1-3-10-25-11-9-22-20(21(25)26)24-14-12-23(13-15-24)17-18(2)16-19-7-5-4-6-8-19/h3-9,11,16H,1,10,12-15,17H2,2H3/b18-16+. The third-order valence-electron chi connectivity index (χ3n) is 4.58. The fourth-order valence-corrected chi connectivity index (χ4v) is 3.29. The molecule has 0 N–H and O–H groups in total. The van der Waals surface area contributed by atoms with Crippen molar-refractivity contribution in [3.8, 4) is 0 Å². The number of hydrogen-bond donors (Lipinski definition) is 0. The SMILES string of the molecule is C=CCn1ccnc(N2CCN(C/C(C)=C/c3ccccc3)CC2)c1=O. The number of piperazine rings is 1. The Morgan fingerprint density at radius 1 is 1.19 bits per heavy atom. The molecule has 136 valence electrons. The highest BCUT2D eigenvalue weighted by Gasteiger charge is 2.20. The normalized spacial score (nSPS) is 15.9. The minimum Gasteiger partial charge on any atom is -0.349 e. The van der Waals surface area contributed by atoms with Gasteiger partial charge in [0.2, 0.25) is 0 Å². The van der Waals surface area contributed by atoms with Gasteiger partial charge in [-0.25, -0.2) is 4.98 Å². The number of hydrogen-bond acceptors (Lipinski definition) is 4. The van der Waals surface area contributed by atoms with Crippen LogP contribution in [0, 0.1) is 0 Å². The van der Waals surface area contributed by atoms with Crippen LogP contribution in [-0.2, 0) is 6.54 Å². The summed E-state index contributed by atoms with van der Waals surface area (Å²) in [4.78, 5) is 21.3. The van der Waals surface area contributed by atoms with Crippen molar-refractivity contribution in [2.45, 2.75) is 13.5 Å². The van der Waals surface area contributed by atoms with Crippen LogP contribution in [0.1, 0.15) is 12.5 Å². The minimum absolute atomic E-state index is 0.0407. The molecule has 0 bridgehead atoms. The van der Waals surface area contributed by atoms with Crippen molar-refractivity contribution < 1.29 is 0 Å². The quantitative estimate of drug-likeness (QED) is 0.751. The highest BCUT2D eigenvalue weighted by atomic mass is 16.1. The number of nitrogens with zero attached hydrogens (tertiary/aromatic N) is 4. The van der Waals surface area contributed by atoms with E-state index in [-0.39, 0.29) is 5.56 Å². The molecule has 3 rings (SSSR count). The lowest BCUT2D eigenvalue weighted by molar-refractivity contribution is 0.278. The number of anilines is 1. The van der Waals surface area contributed by atoms with E-state index in [0.717, 1.165) is 32.7 Å². The Hall–Kier alpha value is -2.66. The fraction of sp³-hybridized carbons (Fsp3) is 0.333. The Balaban J connectivity index is 1.59. The van der Waals surface area contributed by atoms with Crippen molar-refractivity contribution in [2.75, 3.05) is 37.6 Å². The average molecular weight is 350 g/mol. The zero-order chi connectivity index (χ0) is 18.4. The van der Waals surface area contributed by atoms with Gasteiger partial charge in [0, 0.05) is 51.7 Å². The van der Waals surface area contributed by atoms with Crippen molar-refractivity contribution >= 4 is 11.9 Å². The molecule has 1 fully saturated rings. The molecule has 1 aliphatic rings. The lowest BCUT2D eigenvalue weighted by atomic mass is 10.1. The molecule has 26 heavy (non-hydrogen) atoms. The van der Waals surface area contributed by atoms with Gasteiger partial charge in [0.05, 0.1) is 0 Å². The van der Waals surface area contributed by atoms with Crippen LogP contribution in [0.15, 0.2) is 65.7 Å². The van der Waals surface area contributed by atoms with Gasteiger partial charge in [-0.15, -0.1) is 6.58 Å². The van der Waals surface area contributed by atoms with Crippen LogP contribution in [0.2, 0.25) is 0 Å². The molecule has 0 aliphatic carbocycles. The summed E-state index contributed by atoms with van der Waals surface area (Å²) >= 11 is 0. The topological polar surface area (TPSA) is 41.4 Å². The Morgan fingerprint density at radius 2 is 1.92 bits per heavy atom. The zero-order valence-electron chi connectivity index (χ0n) is 15.3. The van der Waals surface area contributed by atoms with E-state index >= 15 is 0 Å². The lowest BCUT2D eigenvalue weighted by Gasteiger charge is -2.35. The van der Waals surface area contributed by atoms with Gasteiger partial charge in [0.25, 0.3) is 5.56 Å². The van der Waals surface area contributed by atoms with Crippen LogP contribution < -0.4 is 10.5 Å². The summed E-state index contributed by atoms with van der Waals surface area (Å²) in [6.07, 6.45) is 7.37. The largest absolute Gasteiger partial charge is 0.349 e. The molecule has 5 heteroatoms. The molecule has 0 saturated carbocycles. The predicted molar refractivity (Wildman–Crippen MR) is 107 cm³/mol. The van der Waals surface area contributed by atoms with Gasteiger partial charge in [-0.1, -0.05) is 48.1 Å². The van der Waals surface area contributed by atoms with E-state index in [1.54, 1.807) is 23.0 Å². The summed E-state index contributed by atoms with van der Waals surface area (Å²) in [5.74, 6) is 0.547. The van der Waals surface area contributed by atoms with Crippen molar-refractivity contribution in [3.63, 3.8) is 0 Å². The van der Waals surface area contributed by atoms with Crippen molar-refractivity contribution in [1.29, 1.82) is 0 Å². The molecule has 1 aromatic heterocycles. The van der Waals surface area contributed by atoms with Crippen LogP contribution in [0.5, 0.6) is 0 Å². The van der Waals surface area contributed by atoms with Crippen LogP contribution in [0.25, 0.3) is 6.08 Å². The minimum atomic E-state index is -0.0407. The molecule has 0 unspecified atom stereocenters. The van der Waals surface area contributed by atoms with E-state index in [9.17, 15) is 4.79 Å². The van der Waals surface area contributed by atoms with Crippen molar-refractivity contribution in [2.24, 2.45) is 0 Å². The summed E-state index contributed by atoms with van der Waals surface area (Å²) < 4.78 is 1.65.